The molecule has 6 nitrogen and oxygen atoms in total. The van der Waals surface area contributed by atoms with Crippen LogP contribution in [-0.4, -0.2) is 18.2 Å². The van der Waals surface area contributed by atoms with Gasteiger partial charge < -0.3 is 0 Å². The molecule has 0 amide bonds. The van der Waals surface area contributed by atoms with E-state index in [9.17, 15) is 8.42 Å². The molecule has 0 saturated heterocycles. The number of rotatable bonds is 5. The maximum absolute atomic E-state index is 12.2. The van der Waals surface area contributed by atoms with Gasteiger partial charge in [-0.15, -0.1) is 0 Å². The second-order valence-corrected chi connectivity index (χ2v) is 6.48. The van der Waals surface area contributed by atoms with Crippen molar-refractivity contribution in [3.8, 4) is 6.07 Å². The third kappa shape index (κ3) is 3.68. The largest absolute Gasteiger partial charge is 0.275 e. The van der Waals surface area contributed by atoms with Crippen LogP contribution >= 0.6 is 0 Å². The summed E-state index contributed by atoms with van der Waals surface area (Å²) in [7, 11) is -1.78. The highest BCUT2D eigenvalue weighted by Crippen LogP contribution is 2.12. The molecular formula is C14H16N4O2S. The van der Waals surface area contributed by atoms with E-state index in [0.29, 0.717) is 0 Å². The molecule has 1 N–H and O–H groups in total. The molecule has 0 aliphatic carbocycles. The van der Waals surface area contributed by atoms with Crippen LogP contribution in [0.2, 0.25) is 0 Å². The molecule has 0 radical (unpaired) electrons. The topological polar surface area (TPSA) is 87.8 Å². The van der Waals surface area contributed by atoms with Gasteiger partial charge in [-0.1, -0.05) is 12.1 Å². The Kier molecular flexibility index (Phi) is 4.40. The Morgan fingerprint density at radius 2 is 2.00 bits per heavy atom. The number of nitrogens with zero attached hydrogens (tertiary/aromatic N) is 3. The lowest BCUT2D eigenvalue weighted by atomic mass is 10.2. The molecular weight excluding hydrogens is 288 g/mol. The molecule has 2 aromatic rings. The molecule has 110 valence electrons. The van der Waals surface area contributed by atoms with Crippen LogP contribution in [0.1, 0.15) is 16.8 Å². The smallest absolute Gasteiger partial charge is 0.240 e. The lowest BCUT2D eigenvalue weighted by Gasteiger charge is -2.06. The Morgan fingerprint density at radius 1 is 1.33 bits per heavy atom. The standard InChI is InChI=1S/C14H16N4O2S/c1-11-13(10-18(2)17-11)9-16-21(19,20)14-5-3-12(4-6-14)7-8-15/h3-6,10,16H,7,9H2,1-2H3. The first kappa shape index (κ1) is 15.2. The number of benzene rings is 1. The Bertz CT molecular complexity index is 770. The maximum Gasteiger partial charge on any atom is 0.240 e. The van der Waals surface area contributed by atoms with Gasteiger partial charge >= 0.3 is 0 Å². The number of aryl methyl sites for hydroxylation is 2. The van der Waals surface area contributed by atoms with Crippen LogP contribution < -0.4 is 4.72 Å². The summed E-state index contributed by atoms with van der Waals surface area (Å²) < 4.78 is 28.6. The quantitative estimate of drug-likeness (QED) is 0.901. The van der Waals surface area contributed by atoms with E-state index >= 15 is 0 Å². The van der Waals surface area contributed by atoms with Crippen molar-refractivity contribution in [2.45, 2.75) is 24.8 Å². The van der Waals surface area contributed by atoms with Crippen molar-refractivity contribution < 1.29 is 8.42 Å². The van der Waals surface area contributed by atoms with E-state index in [1.165, 1.54) is 12.1 Å². The van der Waals surface area contributed by atoms with Crippen LogP contribution in [0.3, 0.4) is 0 Å². The van der Waals surface area contributed by atoms with E-state index < -0.39 is 10.0 Å². The lowest BCUT2D eigenvalue weighted by molar-refractivity contribution is 0.581. The van der Waals surface area contributed by atoms with Gasteiger partial charge in [-0.2, -0.15) is 10.4 Å². The molecule has 0 aliphatic heterocycles. The monoisotopic (exact) mass is 304 g/mol. The summed E-state index contributed by atoms with van der Waals surface area (Å²) in [6.45, 7) is 2.03. The molecule has 0 unspecified atom stereocenters. The predicted molar refractivity (Wildman–Crippen MR) is 77.7 cm³/mol. The van der Waals surface area contributed by atoms with Crippen LogP contribution in [-0.2, 0) is 30.0 Å². The van der Waals surface area contributed by atoms with E-state index in [4.69, 9.17) is 5.26 Å². The van der Waals surface area contributed by atoms with Crippen molar-refractivity contribution in [2.75, 3.05) is 0 Å². The van der Waals surface area contributed by atoms with Gasteiger partial charge in [0.1, 0.15) is 0 Å². The fourth-order valence-electron chi connectivity index (χ4n) is 1.96. The van der Waals surface area contributed by atoms with Crippen LogP contribution in [0, 0.1) is 18.3 Å². The number of nitriles is 1. The summed E-state index contributed by atoms with van der Waals surface area (Å²) in [5, 5.41) is 12.8. The summed E-state index contributed by atoms with van der Waals surface area (Å²) in [5.41, 5.74) is 2.42. The molecule has 1 aromatic heterocycles. The highest BCUT2D eigenvalue weighted by atomic mass is 32.2. The van der Waals surface area contributed by atoms with Crippen LogP contribution in [0.25, 0.3) is 0 Å². The van der Waals surface area contributed by atoms with E-state index in [1.54, 1.807) is 30.1 Å². The number of aromatic nitrogens is 2. The van der Waals surface area contributed by atoms with Crippen LogP contribution in [0.15, 0.2) is 35.4 Å². The van der Waals surface area contributed by atoms with Crippen molar-refractivity contribution in [2.24, 2.45) is 7.05 Å². The fraction of sp³-hybridized carbons (Fsp3) is 0.286. The van der Waals surface area contributed by atoms with Gasteiger partial charge in [0.2, 0.25) is 10.0 Å². The van der Waals surface area contributed by atoms with E-state index in [-0.39, 0.29) is 17.9 Å². The molecule has 2 rings (SSSR count). The van der Waals surface area contributed by atoms with E-state index in [2.05, 4.69) is 9.82 Å². The first-order chi connectivity index (χ1) is 9.92. The third-order valence-electron chi connectivity index (χ3n) is 3.08. The van der Waals surface area contributed by atoms with Gasteiger partial charge in [-0.3, -0.25) is 4.68 Å². The minimum Gasteiger partial charge on any atom is -0.275 e. The molecule has 0 fully saturated rings. The SMILES string of the molecule is Cc1nn(C)cc1CNS(=O)(=O)c1ccc(CC#N)cc1. The molecule has 0 atom stereocenters. The Balaban J connectivity index is 2.11. The zero-order valence-corrected chi connectivity index (χ0v) is 12.7. The van der Waals surface area contributed by atoms with Gasteiger partial charge in [-0.05, 0) is 24.6 Å². The van der Waals surface area contributed by atoms with Crippen molar-refractivity contribution in [1.82, 2.24) is 14.5 Å². The Hall–Kier alpha value is -2.17. The van der Waals surface area contributed by atoms with Crippen molar-refractivity contribution in [1.29, 1.82) is 5.26 Å². The van der Waals surface area contributed by atoms with Gasteiger partial charge in [0.25, 0.3) is 0 Å². The van der Waals surface area contributed by atoms with Crippen molar-refractivity contribution >= 4 is 10.0 Å². The Labute approximate surface area is 124 Å². The second-order valence-electron chi connectivity index (χ2n) is 4.72. The molecule has 0 aliphatic rings. The molecule has 21 heavy (non-hydrogen) atoms. The molecule has 0 spiro atoms. The molecule has 0 saturated carbocycles. The van der Waals surface area contributed by atoms with Crippen LogP contribution in [0.4, 0.5) is 0 Å². The third-order valence-corrected chi connectivity index (χ3v) is 4.50. The molecule has 1 aromatic carbocycles. The minimum atomic E-state index is -3.57. The summed E-state index contributed by atoms with van der Waals surface area (Å²) in [6.07, 6.45) is 2.05. The van der Waals surface area contributed by atoms with Gasteiger partial charge in [-0.25, -0.2) is 13.1 Å². The maximum atomic E-state index is 12.2. The number of nitrogens with one attached hydrogen (secondary N) is 1. The van der Waals surface area contributed by atoms with Gasteiger partial charge in [0, 0.05) is 25.4 Å². The first-order valence-electron chi connectivity index (χ1n) is 6.37. The second kappa shape index (κ2) is 6.08. The van der Waals surface area contributed by atoms with Gasteiger partial charge in [0.15, 0.2) is 0 Å². The highest BCUT2D eigenvalue weighted by molar-refractivity contribution is 7.89. The summed E-state index contributed by atoms with van der Waals surface area (Å²) in [5.74, 6) is 0. The molecule has 0 bridgehead atoms. The number of hydrogen-bond donors (Lipinski definition) is 1. The predicted octanol–water partition coefficient (Wildman–Crippen LogP) is 1.27. The summed E-state index contributed by atoms with van der Waals surface area (Å²) in [6, 6.07) is 8.33. The van der Waals surface area contributed by atoms with Crippen molar-refractivity contribution in [3.05, 3.63) is 47.3 Å². The van der Waals surface area contributed by atoms with E-state index in [1.807, 2.05) is 13.0 Å². The average molecular weight is 304 g/mol. The summed E-state index contributed by atoms with van der Waals surface area (Å²) in [4.78, 5) is 0.186. The summed E-state index contributed by atoms with van der Waals surface area (Å²) >= 11 is 0. The molecule has 1 heterocycles. The Morgan fingerprint density at radius 3 is 2.52 bits per heavy atom. The number of hydrogen-bond acceptors (Lipinski definition) is 4. The van der Waals surface area contributed by atoms with E-state index in [0.717, 1.165) is 16.8 Å². The highest BCUT2D eigenvalue weighted by Gasteiger charge is 2.14. The zero-order valence-electron chi connectivity index (χ0n) is 11.9. The number of sulfonamides is 1. The average Bonchev–Trinajstić information content (AvgIpc) is 2.76. The minimum absolute atomic E-state index is 0.186. The van der Waals surface area contributed by atoms with Crippen molar-refractivity contribution in [3.63, 3.8) is 0 Å². The van der Waals surface area contributed by atoms with Crippen LogP contribution in [0.5, 0.6) is 0 Å². The normalized spacial score (nSPS) is 11.3. The fourth-order valence-corrected chi connectivity index (χ4v) is 2.96. The molecule has 7 heteroatoms. The van der Waals surface area contributed by atoms with Gasteiger partial charge in [0.05, 0.1) is 23.1 Å². The first-order valence-corrected chi connectivity index (χ1v) is 7.85. The lowest BCUT2D eigenvalue weighted by Crippen LogP contribution is -2.23. The zero-order chi connectivity index (χ0) is 15.5.